The lowest BCUT2D eigenvalue weighted by molar-refractivity contribution is -0.123. The van der Waals surface area contributed by atoms with Crippen LogP contribution in [0.5, 0.6) is 0 Å². The second-order valence-electron chi connectivity index (χ2n) is 6.01. The van der Waals surface area contributed by atoms with Gasteiger partial charge in [0, 0.05) is 10.5 Å². The molecule has 10 heteroatoms. The van der Waals surface area contributed by atoms with E-state index in [2.05, 4.69) is 26.6 Å². The molecule has 1 aromatic rings. The number of nitrogens with one attached hydrogen (secondary N) is 2. The summed E-state index contributed by atoms with van der Waals surface area (Å²) in [5, 5.41) is 5.77. The Kier molecular flexibility index (Phi) is 6.84. The number of halogens is 2. The van der Waals surface area contributed by atoms with E-state index in [0.29, 0.717) is 17.1 Å². The predicted molar refractivity (Wildman–Crippen MR) is 100 cm³/mol. The normalized spacial score (nSPS) is 19.0. The zero-order valence-electron chi connectivity index (χ0n) is 13.6. The van der Waals surface area contributed by atoms with Crippen LogP contribution in [0.2, 0.25) is 5.02 Å². The number of hydrogen-bond donors (Lipinski definition) is 2. The molecule has 1 aliphatic rings. The van der Waals surface area contributed by atoms with Crippen LogP contribution in [-0.2, 0) is 19.4 Å². The highest BCUT2D eigenvalue weighted by Crippen LogP contribution is 2.25. The molecule has 1 aromatic carbocycles. The van der Waals surface area contributed by atoms with E-state index in [4.69, 9.17) is 11.6 Å². The molecule has 0 saturated carbocycles. The van der Waals surface area contributed by atoms with Crippen molar-refractivity contribution in [3.05, 3.63) is 27.7 Å². The fraction of sp³-hybridized carbons (Fsp3) is 0.467. The van der Waals surface area contributed by atoms with E-state index >= 15 is 0 Å². The lowest BCUT2D eigenvalue weighted by atomic mass is 10.2. The first-order valence-electron chi connectivity index (χ1n) is 7.58. The third kappa shape index (κ3) is 6.58. The van der Waals surface area contributed by atoms with Crippen molar-refractivity contribution in [1.29, 1.82) is 0 Å². The summed E-state index contributed by atoms with van der Waals surface area (Å²) in [7, 11) is -1.41. The Hall–Kier alpha value is -1.16. The molecule has 1 aliphatic heterocycles. The first kappa shape index (κ1) is 20.2. The topological polar surface area (TPSA) is 95.6 Å². The fourth-order valence-corrected chi connectivity index (χ4v) is 4.90. The van der Waals surface area contributed by atoms with E-state index in [9.17, 15) is 18.0 Å². The van der Waals surface area contributed by atoms with Crippen molar-refractivity contribution in [2.45, 2.75) is 12.5 Å². The average molecular weight is 453 g/mol. The molecule has 7 nitrogen and oxygen atoms in total. The van der Waals surface area contributed by atoms with Crippen LogP contribution in [0, 0.1) is 0 Å². The number of anilines is 1. The van der Waals surface area contributed by atoms with Crippen LogP contribution in [0.15, 0.2) is 22.7 Å². The summed E-state index contributed by atoms with van der Waals surface area (Å²) in [5.41, 5.74) is 0.490. The van der Waals surface area contributed by atoms with Gasteiger partial charge >= 0.3 is 0 Å². The number of likely N-dealkylation sites (N-methyl/N-ethyl adjacent to an activating group) is 1. The third-order valence-electron chi connectivity index (χ3n) is 3.63. The predicted octanol–water partition coefficient (Wildman–Crippen LogP) is 1.28. The zero-order valence-corrected chi connectivity index (χ0v) is 16.7. The van der Waals surface area contributed by atoms with Crippen molar-refractivity contribution in [2.24, 2.45) is 0 Å². The van der Waals surface area contributed by atoms with Gasteiger partial charge < -0.3 is 10.6 Å². The summed E-state index contributed by atoms with van der Waals surface area (Å²) in [6.07, 6.45) is 0.431. The van der Waals surface area contributed by atoms with Gasteiger partial charge in [-0.15, -0.1) is 0 Å². The minimum atomic E-state index is -3.04. The Balaban J connectivity index is 1.78. The number of rotatable bonds is 6. The maximum atomic E-state index is 12.0. The van der Waals surface area contributed by atoms with Crippen LogP contribution in [0.1, 0.15) is 6.42 Å². The summed E-state index contributed by atoms with van der Waals surface area (Å²) in [6.45, 7) is 0.000809. The van der Waals surface area contributed by atoms with Gasteiger partial charge in [0.05, 0.1) is 35.3 Å². The molecule has 1 atom stereocenters. The molecule has 1 saturated heterocycles. The summed E-state index contributed by atoms with van der Waals surface area (Å²) in [5.74, 6) is -0.531. The summed E-state index contributed by atoms with van der Waals surface area (Å²) in [4.78, 5) is 25.5. The quantitative estimate of drug-likeness (QED) is 0.678. The van der Waals surface area contributed by atoms with Crippen LogP contribution in [-0.4, -0.2) is 62.8 Å². The number of carbonyl (C=O) groups is 2. The first-order valence-corrected chi connectivity index (χ1v) is 10.6. The van der Waals surface area contributed by atoms with E-state index in [1.165, 1.54) is 0 Å². The summed E-state index contributed by atoms with van der Waals surface area (Å²) >= 11 is 9.33. The number of sulfone groups is 1. The molecule has 0 aromatic heterocycles. The Labute approximate surface area is 160 Å². The highest BCUT2D eigenvalue weighted by molar-refractivity contribution is 9.10. The molecule has 25 heavy (non-hydrogen) atoms. The van der Waals surface area contributed by atoms with Crippen molar-refractivity contribution >= 4 is 54.9 Å². The third-order valence-corrected chi connectivity index (χ3v) is 6.20. The average Bonchev–Trinajstić information content (AvgIpc) is 2.80. The molecule has 0 radical (unpaired) electrons. The van der Waals surface area contributed by atoms with Gasteiger partial charge in [-0.2, -0.15) is 0 Å². The minimum Gasteiger partial charge on any atom is -0.351 e. The number of hydrogen-bond acceptors (Lipinski definition) is 5. The number of benzene rings is 1. The number of nitrogens with zero attached hydrogens (tertiary/aromatic N) is 1. The molecule has 0 aliphatic carbocycles. The summed E-state index contributed by atoms with van der Waals surface area (Å²) < 4.78 is 23.6. The monoisotopic (exact) mass is 451 g/mol. The maximum Gasteiger partial charge on any atom is 0.238 e. The SMILES string of the molecule is CN(CC(=O)Nc1ccc(Br)cc1Cl)CC(=O)NC1CCS(=O)(=O)C1. The molecular formula is C15H19BrClN3O4S. The van der Waals surface area contributed by atoms with Gasteiger partial charge in [0.15, 0.2) is 9.84 Å². The van der Waals surface area contributed by atoms with Crippen molar-refractivity contribution < 1.29 is 18.0 Å². The van der Waals surface area contributed by atoms with E-state index in [0.717, 1.165) is 4.47 Å². The van der Waals surface area contributed by atoms with Gasteiger partial charge in [-0.1, -0.05) is 27.5 Å². The lowest BCUT2D eigenvalue weighted by Gasteiger charge is -2.18. The minimum absolute atomic E-state index is 0.00195. The molecule has 2 amide bonds. The molecule has 0 spiro atoms. The largest absolute Gasteiger partial charge is 0.351 e. The van der Waals surface area contributed by atoms with Gasteiger partial charge in [0.25, 0.3) is 0 Å². The van der Waals surface area contributed by atoms with Gasteiger partial charge in [-0.25, -0.2) is 8.42 Å². The zero-order chi connectivity index (χ0) is 18.6. The van der Waals surface area contributed by atoms with Crippen LogP contribution in [0.3, 0.4) is 0 Å². The van der Waals surface area contributed by atoms with Crippen molar-refractivity contribution in [2.75, 3.05) is 37.0 Å². The lowest BCUT2D eigenvalue weighted by Crippen LogP contribution is -2.43. The van der Waals surface area contributed by atoms with E-state index in [1.54, 1.807) is 30.1 Å². The van der Waals surface area contributed by atoms with Gasteiger partial charge in [0.1, 0.15) is 0 Å². The molecule has 0 bridgehead atoms. The van der Waals surface area contributed by atoms with Gasteiger partial charge in [-0.3, -0.25) is 14.5 Å². The Morgan fingerprint density at radius 1 is 1.32 bits per heavy atom. The van der Waals surface area contributed by atoms with E-state index in [1.807, 2.05) is 0 Å². The molecule has 1 heterocycles. The second kappa shape index (κ2) is 8.48. The van der Waals surface area contributed by atoms with Gasteiger partial charge in [0.2, 0.25) is 11.8 Å². The highest BCUT2D eigenvalue weighted by Gasteiger charge is 2.29. The van der Waals surface area contributed by atoms with Gasteiger partial charge in [-0.05, 0) is 31.7 Å². The van der Waals surface area contributed by atoms with Crippen molar-refractivity contribution in [1.82, 2.24) is 10.2 Å². The molecule has 1 fully saturated rings. The van der Waals surface area contributed by atoms with E-state index < -0.39 is 9.84 Å². The second-order valence-corrected chi connectivity index (χ2v) is 9.56. The molecular weight excluding hydrogens is 434 g/mol. The standard InChI is InChI=1S/C15H19BrClN3O4S/c1-20(7-14(21)18-11-4-5-25(23,24)9-11)8-15(22)19-13-3-2-10(16)6-12(13)17/h2-3,6,11H,4-5,7-9H2,1H3,(H,18,21)(H,19,22). The number of amides is 2. The maximum absolute atomic E-state index is 12.0. The van der Waals surface area contributed by atoms with Crippen LogP contribution in [0.25, 0.3) is 0 Å². The molecule has 138 valence electrons. The molecule has 1 unspecified atom stereocenters. The Morgan fingerprint density at radius 3 is 2.60 bits per heavy atom. The van der Waals surface area contributed by atoms with E-state index in [-0.39, 0.29) is 42.5 Å². The fourth-order valence-electron chi connectivity index (χ4n) is 2.51. The molecule has 2 rings (SSSR count). The Morgan fingerprint density at radius 2 is 2.00 bits per heavy atom. The first-order chi connectivity index (χ1) is 11.6. The van der Waals surface area contributed by atoms with Crippen molar-refractivity contribution in [3.8, 4) is 0 Å². The Bertz CT molecular complexity index is 772. The van der Waals surface area contributed by atoms with Crippen LogP contribution in [0.4, 0.5) is 5.69 Å². The van der Waals surface area contributed by atoms with Crippen LogP contribution < -0.4 is 10.6 Å². The van der Waals surface area contributed by atoms with Crippen molar-refractivity contribution in [3.63, 3.8) is 0 Å². The molecule has 2 N–H and O–H groups in total. The highest BCUT2D eigenvalue weighted by atomic mass is 79.9. The van der Waals surface area contributed by atoms with Crippen LogP contribution >= 0.6 is 27.5 Å². The number of carbonyl (C=O) groups excluding carboxylic acids is 2. The summed E-state index contributed by atoms with van der Waals surface area (Å²) in [6, 6.07) is 4.76. The smallest absolute Gasteiger partial charge is 0.238 e.